The third-order valence-corrected chi connectivity index (χ3v) is 3.97. The van der Waals surface area contributed by atoms with Crippen LogP contribution in [0, 0.1) is 6.92 Å². The molecule has 2 aromatic heterocycles. The zero-order chi connectivity index (χ0) is 12.4. The molecule has 0 aliphatic rings. The molecule has 0 aliphatic heterocycles. The molecule has 90 valence electrons. The molecule has 1 N–H and O–H groups in total. The fraction of sp³-hybridized carbons (Fsp3) is 0.133. The Morgan fingerprint density at radius 1 is 1.17 bits per heavy atom. The van der Waals surface area contributed by atoms with Crippen LogP contribution in [0.25, 0.3) is 10.1 Å². The monoisotopic (exact) mass is 254 g/mol. The summed E-state index contributed by atoms with van der Waals surface area (Å²) in [6.07, 6.45) is 1.88. The highest BCUT2D eigenvalue weighted by atomic mass is 32.1. The molecule has 0 radical (unpaired) electrons. The molecule has 3 heteroatoms. The van der Waals surface area contributed by atoms with E-state index in [-0.39, 0.29) is 0 Å². The lowest BCUT2D eigenvalue weighted by atomic mass is 10.2. The lowest BCUT2D eigenvalue weighted by molar-refractivity contribution is 1.14. The van der Waals surface area contributed by atoms with Gasteiger partial charge in [0.25, 0.3) is 0 Å². The lowest BCUT2D eigenvalue weighted by Crippen LogP contribution is -1.99. The standard InChI is InChI=1S/C15H14N2S/c1-11-6-7-13(9-16-11)17-8-12-10-18-15-5-3-2-4-14(12)15/h2-7,9-10,17H,8H2,1H3. The van der Waals surface area contributed by atoms with Crippen molar-refractivity contribution in [3.63, 3.8) is 0 Å². The van der Waals surface area contributed by atoms with Crippen LogP contribution in [0.15, 0.2) is 48.0 Å². The summed E-state index contributed by atoms with van der Waals surface area (Å²) in [5.41, 5.74) is 3.45. The van der Waals surface area contributed by atoms with Crippen molar-refractivity contribution in [1.29, 1.82) is 0 Å². The summed E-state index contributed by atoms with van der Waals surface area (Å²) in [7, 11) is 0. The molecular weight excluding hydrogens is 240 g/mol. The predicted octanol–water partition coefficient (Wildman–Crippen LogP) is 4.22. The van der Waals surface area contributed by atoms with Crippen LogP contribution in [-0.2, 0) is 6.54 Å². The molecule has 0 bridgehead atoms. The van der Waals surface area contributed by atoms with Gasteiger partial charge >= 0.3 is 0 Å². The molecular formula is C15H14N2S. The highest BCUT2D eigenvalue weighted by molar-refractivity contribution is 7.17. The maximum absolute atomic E-state index is 4.28. The number of hydrogen-bond acceptors (Lipinski definition) is 3. The van der Waals surface area contributed by atoms with Gasteiger partial charge in [-0.3, -0.25) is 4.98 Å². The van der Waals surface area contributed by atoms with Crippen LogP contribution < -0.4 is 5.32 Å². The molecule has 0 spiro atoms. The topological polar surface area (TPSA) is 24.9 Å². The summed E-state index contributed by atoms with van der Waals surface area (Å²) in [6.45, 7) is 2.84. The summed E-state index contributed by atoms with van der Waals surface area (Å²) >= 11 is 1.80. The molecule has 3 rings (SSSR count). The molecule has 3 aromatic rings. The second-order valence-electron chi connectivity index (χ2n) is 4.30. The quantitative estimate of drug-likeness (QED) is 0.757. The van der Waals surface area contributed by atoms with Crippen LogP contribution in [0.4, 0.5) is 5.69 Å². The Hall–Kier alpha value is -1.87. The van der Waals surface area contributed by atoms with Gasteiger partial charge in [-0.15, -0.1) is 11.3 Å². The van der Waals surface area contributed by atoms with Crippen molar-refractivity contribution in [3.8, 4) is 0 Å². The number of rotatable bonds is 3. The van der Waals surface area contributed by atoms with Gasteiger partial charge in [0.1, 0.15) is 0 Å². The van der Waals surface area contributed by atoms with Crippen LogP contribution >= 0.6 is 11.3 Å². The average Bonchev–Trinajstić information content (AvgIpc) is 2.82. The molecule has 0 amide bonds. The highest BCUT2D eigenvalue weighted by Gasteiger charge is 2.02. The Balaban J connectivity index is 1.79. The number of pyridine rings is 1. The van der Waals surface area contributed by atoms with Crippen molar-refractivity contribution >= 4 is 27.1 Å². The van der Waals surface area contributed by atoms with Gasteiger partial charge in [-0.25, -0.2) is 0 Å². The number of nitrogens with zero attached hydrogens (tertiary/aromatic N) is 1. The molecule has 0 atom stereocenters. The Bertz CT molecular complexity index is 656. The zero-order valence-corrected chi connectivity index (χ0v) is 11.0. The van der Waals surface area contributed by atoms with Crippen LogP contribution in [0.1, 0.15) is 11.3 Å². The normalized spacial score (nSPS) is 10.7. The van der Waals surface area contributed by atoms with Gasteiger partial charge in [-0.1, -0.05) is 18.2 Å². The van der Waals surface area contributed by atoms with E-state index in [0.717, 1.165) is 17.9 Å². The van der Waals surface area contributed by atoms with E-state index in [1.54, 1.807) is 11.3 Å². The minimum absolute atomic E-state index is 0.842. The predicted molar refractivity (Wildman–Crippen MR) is 78.1 cm³/mol. The summed E-state index contributed by atoms with van der Waals surface area (Å²) < 4.78 is 1.34. The SMILES string of the molecule is Cc1ccc(NCc2csc3ccccc23)cn1. The van der Waals surface area contributed by atoms with Crippen molar-refractivity contribution < 1.29 is 0 Å². The van der Waals surface area contributed by atoms with Crippen LogP contribution in [-0.4, -0.2) is 4.98 Å². The smallest absolute Gasteiger partial charge is 0.0529 e. The van der Waals surface area contributed by atoms with Gasteiger partial charge in [-0.2, -0.15) is 0 Å². The van der Waals surface area contributed by atoms with E-state index in [4.69, 9.17) is 0 Å². The number of benzene rings is 1. The van der Waals surface area contributed by atoms with E-state index >= 15 is 0 Å². The number of anilines is 1. The Labute approximate surface area is 110 Å². The van der Waals surface area contributed by atoms with E-state index in [1.165, 1.54) is 15.6 Å². The average molecular weight is 254 g/mol. The van der Waals surface area contributed by atoms with Gasteiger partial charge in [0.2, 0.25) is 0 Å². The molecule has 0 fully saturated rings. The van der Waals surface area contributed by atoms with E-state index in [2.05, 4.69) is 46.0 Å². The van der Waals surface area contributed by atoms with Crippen molar-refractivity contribution in [1.82, 2.24) is 4.98 Å². The highest BCUT2D eigenvalue weighted by Crippen LogP contribution is 2.26. The maximum atomic E-state index is 4.28. The first kappa shape index (κ1) is 11.2. The molecule has 0 unspecified atom stereocenters. The maximum Gasteiger partial charge on any atom is 0.0529 e. The lowest BCUT2D eigenvalue weighted by Gasteiger charge is -2.05. The molecule has 2 heterocycles. The second kappa shape index (κ2) is 4.78. The van der Waals surface area contributed by atoms with E-state index in [1.807, 2.05) is 19.2 Å². The molecule has 2 nitrogen and oxygen atoms in total. The summed E-state index contributed by atoms with van der Waals surface area (Å²) in [5.74, 6) is 0. The number of aryl methyl sites for hydroxylation is 1. The summed E-state index contributed by atoms with van der Waals surface area (Å²) in [5, 5.41) is 6.97. The number of aromatic nitrogens is 1. The first-order valence-electron chi connectivity index (χ1n) is 5.94. The Kier molecular flexibility index (Phi) is 2.99. The summed E-state index contributed by atoms with van der Waals surface area (Å²) in [4.78, 5) is 4.28. The Morgan fingerprint density at radius 2 is 2.06 bits per heavy atom. The fourth-order valence-corrected chi connectivity index (χ4v) is 2.90. The van der Waals surface area contributed by atoms with E-state index < -0.39 is 0 Å². The third-order valence-electron chi connectivity index (χ3n) is 2.96. The number of nitrogens with one attached hydrogen (secondary N) is 1. The third kappa shape index (κ3) is 2.22. The van der Waals surface area contributed by atoms with E-state index in [0.29, 0.717) is 0 Å². The van der Waals surface area contributed by atoms with Crippen LogP contribution in [0.3, 0.4) is 0 Å². The fourth-order valence-electron chi connectivity index (χ4n) is 1.94. The number of hydrogen-bond donors (Lipinski definition) is 1. The molecule has 0 aliphatic carbocycles. The van der Waals surface area contributed by atoms with Crippen molar-refractivity contribution in [3.05, 3.63) is 59.2 Å². The summed E-state index contributed by atoms with van der Waals surface area (Å²) in [6, 6.07) is 12.6. The van der Waals surface area contributed by atoms with Gasteiger partial charge in [0, 0.05) is 16.9 Å². The van der Waals surface area contributed by atoms with Crippen LogP contribution in [0.5, 0.6) is 0 Å². The van der Waals surface area contributed by atoms with Crippen molar-refractivity contribution in [2.24, 2.45) is 0 Å². The van der Waals surface area contributed by atoms with Gasteiger partial charge in [0.05, 0.1) is 11.9 Å². The van der Waals surface area contributed by atoms with Gasteiger partial charge < -0.3 is 5.32 Å². The number of thiophene rings is 1. The Morgan fingerprint density at radius 3 is 2.89 bits per heavy atom. The first-order chi connectivity index (χ1) is 8.83. The van der Waals surface area contributed by atoms with E-state index in [9.17, 15) is 0 Å². The molecule has 1 aromatic carbocycles. The van der Waals surface area contributed by atoms with Crippen LogP contribution in [0.2, 0.25) is 0 Å². The molecule has 0 saturated heterocycles. The van der Waals surface area contributed by atoms with Crippen molar-refractivity contribution in [2.75, 3.05) is 5.32 Å². The first-order valence-corrected chi connectivity index (χ1v) is 6.82. The minimum atomic E-state index is 0.842. The zero-order valence-electron chi connectivity index (χ0n) is 10.2. The largest absolute Gasteiger partial charge is 0.380 e. The minimum Gasteiger partial charge on any atom is -0.380 e. The molecule has 0 saturated carbocycles. The second-order valence-corrected chi connectivity index (χ2v) is 5.21. The van der Waals surface area contributed by atoms with Gasteiger partial charge in [0.15, 0.2) is 0 Å². The molecule has 18 heavy (non-hydrogen) atoms. The van der Waals surface area contributed by atoms with Gasteiger partial charge in [-0.05, 0) is 41.5 Å². The van der Waals surface area contributed by atoms with Crippen molar-refractivity contribution in [2.45, 2.75) is 13.5 Å². The number of fused-ring (bicyclic) bond motifs is 1.